The van der Waals surface area contributed by atoms with E-state index in [-0.39, 0.29) is 12.1 Å². The summed E-state index contributed by atoms with van der Waals surface area (Å²) in [6.45, 7) is 6.52. The van der Waals surface area contributed by atoms with E-state index >= 15 is 0 Å². The first-order valence-corrected chi connectivity index (χ1v) is 10.7. The molecule has 0 bridgehead atoms. The average molecular weight is 398 g/mol. The van der Waals surface area contributed by atoms with Gasteiger partial charge in [0.2, 0.25) is 0 Å². The van der Waals surface area contributed by atoms with Gasteiger partial charge in [-0.1, -0.05) is 6.07 Å². The van der Waals surface area contributed by atoms with E-state index in [1.54, 1.807) is 0 Å². The monoisotopic (exact) mass is 397 g/mol. The molecule has 0 unspecified atom stereocenters. The molecule has 2 aliphatic rings. The zero-order valence-electron chi connectivity index (χ0n) is 17.4. The second kappa shape index (κ2) is 7.84. The van der Waals surface area contributed by atoms with Gasteiger partial charge in [-0.3, -0.25) is 4.98 Å². The summed E-state index contributed by atoms with van der Waals surface area (Å²) < 4.78 is 2.53. The maximum atomic E-state index is 5.79. The number of aromatic nitrogens is 2. The second-order valence-corrected chi connectivity index (χ2v) is 8.79. The van der Waals surface area contributed by atoms with Gasteiger partial charge in [0.25, 0.3) is 0 Å². The summed E-state index contributed by atoms with van der Waals surface area (Å²) >= 11 is 5.79. The molecule has 1 saturated heterocycles. The zero-order chi connectivity index (χ0) is 19.8. The predicted molar refractivity (Wildman–Crippen MR) is 118 cm³/mol. The molecule has 1 saturated carbocycles. The van der Waals surface area contributed by atoms with Gasteiger partial charge in [0.1, 0.15) is 0 Å². The van der Waals surface area contributed by atoms with Crippen LogP contribution in [0.25, 0.3) is 0 Å². The molecule has 2 fully saturated rings. The molecular weight excluding hydrogens is 366 g/mol. The third-order valence-corrected chi connectivity index (χ3v) is 6.31. The number of hydrogen-bond acceptors (Lipinski definition) is 3. The van der Waals surface area contributed by atoms with Crippen LogP contribution in [0.15, 0.2) is 30.5 Å². The van der Waals surface area contributed by atoms with E-state index in [0.717, 1.165) is 30.3 Å². The van der Waals surface area contributed by atoms with Crippen LogP contribution in [0.2, 0.25) is 0 Å². The zero-order valence-corrected chi connectivity index (χ0v) is 18.2. The van der Waals surface area contributed by atoms with Gasteiger partial charge in [-0.15, -0.1) is 0 Å². The highest BCUT2D eigenvalue weighted by Gasteiger charge is 2.41. The second-order valence-electron chi connectivity index (χ2n) is 8.40. The minimum Gasteiger partial charge on any atom is -0.352 e. The fourth-order valence-electron chi connectivity index (χ4n) is 4.54. The lowest BCUT2D eigenvalue weighted by molar-refractivity contribution is 0.292. The summed E-state index contributed by atoms with van der Waals surface area (Å²) in [7, 11) is 4.25. The maximum Gasteiger partial charge on any atom is 0.170 e. The van der Waals surface area contributed by atoms with Crippen LogP contribution >= 0.6 is 12.2 Å². The molecule has 28 heavy (non-hydrogen) atoms. The van der Waals surface area contributed by atoms with E-state index in [1.807, 2.05) is 12.3 Å². The molecule has 0 aromatic carbocycles. The molecule has 0 radical (unpaired) electrons. The fraction of sp³-hybridized carbons (Fsp3) is 0.545. The Hall–Kier alpha value is -1.92. The van der Waals surface area contributed by atoms with Gasteiger partial charge in [-0.2, -0.15) is 0 Å². The van der Waals surface area contributed by atoms with E-state index in [1.165, 1.54) is 29.8 Å². The molecule has 150 valence electrons. The first kappa shape index (κ1) is 19.4. The Morgan fingerprint density at radius 1 is 1.25 bits per heavy atom. The normalized spacial score (nSPS) is 22.2. The Balaban J connectivity index is 1.70. The number of aryl methyl sites for hydroxylation is 1. The Bertz CT molecular complexity index is 840. The molecule has 4 rings (SSSR count). The predicted octanol–water partition coefficient (Wildman–Crippen LogP) is 3.76. The minimum absolute atomic E-state index is 0.0845. The highest BCUT2D eigenvalue weighted by atomic mass is 32.1. The standard InChI is InChI=1S/C22H31N5S/c1-15-14-18(16(2)27(15)17-9-10-17)21-20(19-8-5-6-11-23-19)24-22(28)26(21)13-7-12-25(3)4/h5-6,8,11,14,17,20-21H,7,9-10,12-13H2,1-4H3,(H,24,28)/t20-,21-/m0/s1. The Morgan fingerprint density at radius 2 is 2.04 bits per heavy atom. The van der Waals surface area contributed by atoms with Crippen molar-refractivity contribution >= 4 is 17.3 Å². The molecule has 0 amide bonds. The van der Waals surface area contributed by atoms with Gasteiger partial charge in [0, 0.05) is 30.2 Å². The van der Waals surface area contributed by atoms with Crippen molar-refractivity contribution in [2.75, 3.05) is 27.2 Å². The van der Waals surface area contributed by atoms with E-state index in [2.05, 4.69) is 70.8 Å². The Labute approximate surface area is 173 Å². The van der Waals surface area contributed by atoms with E-state index < -0.39 is 0 Å². The molecule has 2 aromatic rings. The SMILES string of the molecule is Cc1cc([C@H]2[C@H](c3ccccn3)NC(=S)N2CCCN(C)C)c(C)n1C1CC1. The van der Waals surface area contributed by atoms with Crippen LogP contribution in [0.1, 0.15) is 60.0 Å². The van der Waals surface area contributed by atoms with Crippen molar-refractivity contribution in [3.63, 3.8) is 0 Å². The van der Waals surface area contributed by atoms with Crippen molar-refractivity contribution in [2.45, 2.75) is 51.2 Å². The van der Waals surface area contributed by atoms with Gasteiger partial charge in [-0.25, -0.2) is 0 Å². The van der Waals surface area contributed by atoms with Crippen LogP contribution < -0.4 is 5.32 Å². The van der Waals surface area contributed by atoms with Crippen LogP contribution in [0.5, 0.6) is 0 Å². The number of rotatable bonds is 7. The van der Waals surface area contributed by atoms with Crippen molar-refractivity contribution < 1.29 is 0 Å². The molecule has 2 aromatic heterocycles. The van der Waals surface area contributed by atoms with E-state index in [9.17, 15) is 0 Å². The van der Waals surface area contributed by atoms with Crippen LogP contribution in [0, 0.1) is 13.8 Å². The summed E-state index contributed by atoms with van der Waals surface area (Å²) in [6, 6.07) is 9.47. The van der Waals surface area contributed by atoms with Crippen molar-refractivity contribution in [1.82, 2.24) is 24.7 Å². The number of nitrogens with zero attached hydrogens (tertiary/aromatic N) is 4. The van der Waals surface area contributed by atoms with E-state index in [4.69, 9.17) is 12.2 Å². The first-order valence-electron chi connectivity index (χ1n) is 10.3. The van der Waals surface area contributed by atoms with Gasteiger partial charge in [0.05, 0.1) is 17.8 Å². The van der Waals surface area contributed by atoms with Crippen LogP contribution in [-0.2, 0) is 0 Å². The van der Waals surface area contributed by atoms with Gasteiger partial charge in [0.15, 0.2) is 5.11 Å². The van der Waals surface area contributed by atoms with Crippen LogP contribution in [-0.4, -0.2) is 51.6 Å². The molecule has 1 aliphatic carbocycles. The van der Waals surface area contributed by atoms with Gasteiger partial charge >= 0.3 is 0 Å². The first-order chi connectivity index (χ1) is 13.5. The van der Waals surface area contributed by atoms with Gasteiger partial charge in [-0.05, 0) is 89.7 Å². The van der Waals surface area contributed by atoms with Crippen molar-refractivity contribution in [2.24, 2.45) is 0 Å². The summed E-state index contributed by atoms with van der Waals surface area (Å²) in [6.07, 6.45) is 5.56. The number of nitrogens with one attached hydrogen (secondary N) is 1. The van der Waals surface area contributed by atoms with Crippen LogP contribution in [0.4, 0.5) is 0 Å². The maximum absolute atomic E-state index is 5.79. The number of thiocarbonyl (C=S) groups is 1. The summed E-state index contributed by atoms with van der Waals surface area (Å²) in [5, 5.41) is 4.42. The van der Waals surface area contributed by atoms with E-state index in [0.29, 0.717) is 6.04 Å². The summed E-state index contributed by atoms with van der Waals surface area (Å²) in [5.41, 5.74) is 5.19. The van der Waals surface area contributed by atoms with Crippen molar-refractivity contribution in [1.29, 1.82) is 0 Å². The molecular formula is C22H31N5S. The molecule has 5 nitrogen and oxygen atoms in total. The van der Waals surface area contributed by atoms with Crippen molar-refractivity contribution in [3.8, 4) is 0 Å². The largest absolute Gasteiger partial charge is 0.352 e. The lowest BCUT2D eigenvalue weighted by Crippen LogP contribution is -2.32. The lowest BCUT2D eigenvalue weighted by atomic mass is 9.96. The molecule has 6 heteroatoms. The molecule has 3 heterocycles. The Kier molecular flexibility index (Phi) is 5.43. The van der Waals surface area contributed by atoms with Gasteiger partial charge < -0.3 is 19.7 Å². The fourth-order valence-corrected chi connectivity index (χ4v) is 4.87. The van der Waals surface area contributed by atoms with Crippen LogP contribution in [0.3, 0.4) is 0 Å². The topological polar surface area (TPSA) is 36.3 Å². The molecule has 1 aliphatic heterocycles. The molecule has 2 atom stereocenters. The number of hydrogen-bond donors (Lipinski definition) is 1. The third-order valence-electron chi connectivity index (χ3n) is 5.96. The molecule has 1 N–H and O–H groups in total. The Morgan fingerprint density at radius 3 is 2.68 bits per heavy atom. The van der Waals surface area contributed by atoms with Crippen molar-refractivity contribution in [3.05, 3.63) is 53.1 Å². The highest BCUT2D eigenvalue weighted by molar-refractivity contribution is 7.80. The highest BCUT2D eigenvalue weighted by Crippen LogP contribution is 2.44. The lowest BCUT2D eigenvalue weighted by Gasteiger charge is -2.28. The summed E-state index contributed by atoms with van der Waals surface area (Å²) in [5.74, 6) is 0. The number of pyridine rings is 1. The summed E-state index contributed by atoms with van der Waals surface area (Å²) in [4.78, 5) is 9.28. The average Bonchev–Trinajstić information content (AvgIpc) is 3.38. The quantitative estimate of drug-likeness (QED) is 0.720. The smallest absolute Gasteiger partial charge is 0.170 e. The minimum atomic E-state index is 0.0845. The molecule has 0 spiro atoms. The third kappa shape index (κ3) is 3.67.